The molecule has 6 nitrogen and oxygen atoms in total. The van der Waals surface area contributed by atoms with Gasteiger partial charge in [0.15, 0.2) is 0 Å². The Balaban J connectivity index is 1.23. The number of nitrogens with one attached hydrogen (secondary N) is 1. The van der Waals surface area contributed by atoms with Crippen molar-refractivity contribution in [2.75, 3.05) is 17.3 Å². The van der Waals surface area contributed by atoms with Crippen molar-refractivity contribution in [2.45, 2.75) is 18.8 Å². The Morgan fingerprint density at radius 1 is 0.875 bits per heavy atom. The van der Waals surface area contributed by atoms with Crippen molar-refractivity contribution in [3.05, 3.63) is 124 Å². The summed E-state index contributed by atoms with van der Waals surface area (Å²) >= 11 is 6.10. The van der Waals surface area contributed by atoms with Gasteiger partial charge in [-0.1, -0.05) is 60.1 Å². The van der Waals surface area contributed by atoms with Gasteiger partial charge in [0.25, 0.3) is 5.91 Å². The van der Waals surface area contributed by atoms with Crippen LogP contribution < -0.4 is 15.0 Å². The highest BCUT2D eigenvalue weighted by atomic mass is 35.5. The number of anilines is 2. The minimum Gasteiger partial charge on any atom is -0.495 e. The summed E-state index contributed by atoms with van der Waals surface area (Å²) in [7, 11) is 1.51. The summed E-state index contributed by atoms with van der Waals surface area (Å²) in [6.45, 7) is 1.95. The fourth-order valence-corrected chi connectivity index (χ4v) is 7.27. The molecule has 1 heterocycles. The van der Waals surface area contributed by atoms with E-state index in [0.29, 0.717) is 27.7 Å². The van der Waals surface area contributed by atoms with E-state index in [0.717, 1.165) is 22.3 Å². The zero-order chi connectivity index (χ0) is 27.8. The van der Waals surface area contributed by atoms with Crippen LogP contribution in [0.15, 0.2) is 91.0 Å². The largest absolute Gasteiger partial charge is 0.495 e. The van der Waals surface area contributed by atoms with Crippen molar-refractivity contribution in [3.63, 3.8) is 0 Å². The summed E-state index contributed by atoms with van der Waals surface area (Å²) in [6, 6.07) is 27.9. The average Bonchev–Trinajstić information content (AvgIpc) is 3.18. The van der Waals surface area contributed by atoms with Crippen molar-refractivity contribution < 1.29 is 19.1 Å². The van der Waals surface area contributed by atoms with Gasteiger partial charge in [-0.3, -0.25) is 14.4 Å². The fraction of sp³-hybridized carbons (Fsp3) is 0.182. The zero-order valence-corrected chi connectivity index (χ0v) is 22.6. The van der Waals surface area contributed by atoms with Gasteiger partial charge in [-0.15, -0.1) is 0 Å². The SMILES string of the molecule is COc1ccc(Cl)cc1NC(=O)c1ccc(N2C(=O)[C@@H]3C4c5ccccc5C(c5ccccc54)[C@]3(C)C2=O)cc1. The average molecular weight is 549 g/mol. The number of hydrogen-bond acceptors (Lipinski definition) is 4. The Bertz CT molecular complexity index is 1690. The normalized spacial score (nSPS) is 23.9. The Labute approximate surface area is 236 Å². The van der Waals surface area contributed by atoms with Crippen LogP contribution in [0.3, 0.4) is 0 Å². The molecule has 7 heteroatoms. The number of carbonyl (C=O) groups is 3. The molecule has 0 aromatic heterocycles. The van der Waals surface area contributed by atoms with Crippen molar-refractivity contribution in [1.29, 1.82) is 0 Å². The molecule has 3 aliphatic carbocycles. The number of nitrogens with zero attached hydrogens (tertiary/aromatic N) is 1. The van der Waals surface area contributed by atoms with Crippen LogP contribution in [-0.2, 0) is 9.59 Å². The third-order valence-corrected chi connectivity index (χ3v) is 9.05. The highest BCUT2D eigenvalue weighted by Crippen LogP contribution is 2.67. The number of imide groups is 1. The van der Waals surface area contributed by atoms with E-state index in [1.165, 1.54) is 12.0 Å². The first kappa shape index (κ1) is 24.6. The molecule has 4 aromatic carbocycles. The Hall–Kier alpha value is -4.42. The number of ether oxygens (including phenoxy) is 1. The molecule has 4 aliphatic rings. The highest BCUT2D eigenvalue weighted by Gasteiger charge is 2.68. The number of hydrogen-bond donors (Lipinski definition) is 1. The Morgan fingerprint density at radius 2 is 1.48 bits per heavy atom. The number of amides is 3. The number of halogens is 1. The van der Waals surface area contributed by atoms with Crippen LogP contribution in [0.5, 0.6) is 5.75 Å². The third kappa shape index (κ3) is 3.26. The van der Waals surface area contributed by atoms with Crippen LogP contribution in [0, 0.1) is 11.3 Å². The van der Waals surface area contributed by atoms with Crippen LogP contribution in [-0.4, -0.2) is 24.8 Å². The van der Waals surface area contributed by atoms with Crippen molar-refractivity contribution >= 4 is 40.7 Å². The van der Waals surface area contributed by atoms with Gasteiger partial charge in [0, 0.05) is 22.4 Å². The summed E-state index contributed by atoms with van der Waals surface area (Å²) in [4.78, 5) is 42.7. The summed E-state index contributed by atoms with van der Waals surface area (Å²) in [5, 5.41) is 3.28. The maximum absolute atomic E-state index is 14.2. The molecule has 1 N–H and O–H groups in total. The van der Waals surface area contributed by atoms with Gasteiger partial charge in [0.2, 0.25) is 11.8 Å². The van der Waals surface area contributed by atoms with Crippen molar-refractivity contribution in [1.82, 2.24) is 0 Å². The van der Waals surface area contributed by atoms with E-state index in [2.05, 4.69) is 29.6 Å². The minimum atomic E-state index is -0.913. The lowest BCUT2D eigenvalue weighted by Gasteiger charge is -2.51. The van der Waals surface area contributed by atoms with E-state index in [1.54, 1.807) is 42.5 Å². The number of rotatable bonds is 4. The number of benzene rings is 4. The molecule has 1 aliphatic heterocycles. The summed E-state index contributed by atoms with van der Waals surface area (Å²) in [5.74, 6) is -1.20. The highest BCUT2D eigenvalue weighted by molar-refractivity contribution is 6.31. The first-order valence-electron chi connectivity index (χ1n) is 13.2. The molecule has 1 fully saturated rings. The standard InChI is InChI=1S/C33H25ClN2O4/c1-33-28-23-9-5-3-7-21(23)27(22-8-4-6-10-24(22)28)29(33)31(38)36(32(33)39)20-14-11-18(12-15-20)30(37)35-25-17-19(34)13-16-26(25)40-2/h3-17,27-29H,1-2H3,(H,35,37)/t27?,28?,29-,33-/m0/s1. The second-order valence-corrected chi connectivity index (χ2v) is 11.2. The van der Waals surface area contributed by atoms with Gasteiger partial charge >= 0.3 is 0 Å². The van der Waals surface area contributed by atoms with E-state index < -0.39 is 11.3 Å². The van der Waals surface area contributed by atoms with E-state index in [4.69, 9.17) is 16.3 Å². The maximum Gasteiger partial charge on any atom is 0.255 e. The quantitative estimate of drug-likeness (QED) is 0.300. The predicted octanol–water partition coefficient (Wildman–Crippen LogP) is 6.39. The molecular formula is C33H25ClN2O4. The molecule has 3 amide bonds. The van der Waals surface area contributed by atoms with Gasteiger partial charge in [0.1, 0.15) is 5.75 Å². The third-order valence-electron chi connectivity index (χ3n) is 8.81. The number of carbonyl (C=O) groups excluding carboxylic acids is 3. The van der Waals surface area contributed by atoms with E-state index in [9.17, 15) is 14.4 Å². The Kier molecular flexibility index (Phi) is 5.41. The molecule has 0 spiro atoms. The molecule has 0 radical (unpaired) electrons. The molecule has 0 saturated carbocycles. The monoisotopic (exact) mass is 548 g/mol. The minimum absolute atomic E-state index is 0.193. The zero-order valence-electron chi connectivity index (χ0n) is 21.9. The summed E-state index contributed by atoms with van der Waals surface area (Å²) < 4.78 is 5.32. The van der Waals surface area contributed by atoms with Gasteiger partial charge in [0.05, 0.1) is 29.8 Å². The van der Waals surface area contributed by atoms with Gasteiger partial charge < -0.3 is 10.1 Å². The number of methoxy groups -OCH3 is 1. The molecule has 0 unspecified atom stereocenters. The van der Waals surface area contributed by atoms with Gasteiger partial charge in [-0.05, 0) is 71.6 Å². The smallest absolute Gasteiger partial charge is 0.255 e. The van der Waals surface area contributed by atoms with Crippen LogP contribution in [0.4, 0.5) is 11.4 Å². The molecule has 8 rings (SSSR count). The molecule has 2 bridgehead atoms. The van der Waals surface area contributed by atoms with Crippen molar-refractivity contribution in [2.24, 2.45) is 11.3 Å². The molecule has 1 saturated heterocycles. The molecule has 4 aromatic rings. The molecular weight excluding hydrogens is 524 g/mol. The van der Waals surface area contributed by atoms with E-state index >= 15 is 0 Å². The Morgan fingerprint density at radius 3 is 2.08 bits per heavy atom. The lowest BCUT2D eigenvalue weighted by Crippen LogP contribution is -2.49. The van der Waals surface area contributed by atoms with E-state index in [-0.39, 0.29) is 29.6 Å². The molecule has 198 valence electrons. The summed E-state index contributed by atoms with van der Waals surface area (Å²) in [6.07, 6.45) is 0. The summed E-state index contributed by atoms with van der Waals surface area (Å²) in [5.41, 5.74) is 4.85. The van der Waals surface area contributed by atoms with E-state index in [1.807, 2.05) is 31.2 Å². The lowest BCUT2D eigenvalue weighted by atomic mass is 9.48. The lowest BCUT2D eigenvalue weighted by molar-refractivity contribution is -0.128. The van der Waals surface area contributed by atoms with Crippen LogP contribution >= 0.6 is 11.6 Å². The van der Waals surface area contributed by atoms with Gasteiger partial charge in [-0.25, -0.2) is 4.90 Å². The molecule has 40 heavy (non-hydrogen) atoms. The first-order valence-corrected chi connectivity index (χ1v) is 13.5. The fourth-order valence-electron chi connectivity index (χ4n) is 7.09. The molecule has 2 atom stereocenters. The van der Waals surface area contributed by atoms with Crippen LogP contribution in [0.2, 0.25) is 5.02 Å². The second-order valence-electron chi connectivity index (χ2n) is 10.8. The predicted molar refractivity (Wildman–Crippen MR) is 153 cm³/mol. The topological polar surface area (TPSA) is 75.7 Å². The maximum atomic E-state index is 14.2. The van der Waals surface area contributed by atoms with Crippen molar-refractivity contribution in [3.8, 4) is 5.75 Å². The second kappa shape index (κ2) is 8.80. The first-order chi connectivity index (χ1) is 19.3. The van der Waals surface area contributed by atoms with Crippen LogP contribution in [0.1, 0.15) is 51.4 Å². The van der Waals surface area contributed by atoms with Gasteiger partial charge in [-0.2, -0.15) is 0 Å². The van der Waals surface area contributed by atoms with Crippen LogP contribution in [0.25, 0.3) is 0 Å².